The Bertz CT molecular complexity index is 1260. The van der Waals surface area contributed by atoms with Crippen LogP contribution in [0.4, 0.5) is 0 Å². The van der Waals surface area contributed by atoms with Gasteiger partial charge in [-0.25, -0.2) is 0 Å². The molecule has 4 aromatic rings. The molecule has 1 aromatic heterocycles. The van der Waals surface area contributed by atoms with Crippen LogP contribution in [0, 0.1) is 0 Å². The second kappa shape index (κ2) is 10.9. The number of phenols is 2. The molecule has 6 heteroatoms. The molecule has 0 amide bonds. The summed E-state index contributed by atoms with van der Waals surface area (Å²) in [5.74, 6) is 1.44. The van der Waals surface area contributed by atoms with Gasteiger partial charge in [-0.2, -0.15) is 11.8 Å². The molecular weight excluding hydrogens is 474 g/mol. The Morgan fingerprint density at radius 1 is 0.914 bits per heavy atom. The first kappa shape index (κ1) is 24.0. The van der Waals surface area contributed by atoms with Gasteiger partial charge in [0.15, 0.2) is 0 Å². The highest BCUT2D eigenvalue weighted by atomic mass is 32.2. The van der Waals surface area contributed by atoms with E-state index >= 15 is 0 Å². The topological polar surface area (TPSA) is 52.9 Å². The number of piperidine rings is 1. The summed E-state index contributed by atoms with van der Waals surface area (Å²) >= 11 is 3.48. The number of thioether (sulfide) groups is 1. The van der Waals surface area contributed by atoms with Gasteiger partial charge in [0.1, 0.15) is 23.9 Å². The van der Waals surface area contributed by atoms with Crippen LogP contribution in [0.15, 0.2) is 66.7 Å². The monoisotopic (exact) mass is 505 g/mol. The number of thiophene rings is 1. The molecule has 0 radical (unpaired) electrons. The molecule has 182 valence electrons. The van der Waals surface area contributed by atoms with Crippen molar-refractivity contribution in [1.82, 2.24) is 4.90 Å². The van der Waals surface area contributed by atoms with Crippen molar-refractivity contribution in [1.29, 1.82) is 0 Å². The normalized spacial score (nSPS) is 15.3. The highest BCUT2D eigenvalue weighted by Gasteiger charge is 2.23. The zero-order chi connectivity index (χ0) is 24.2. The van der Waals surface area contributed by atoms with Gasteiger partial charge < -0.3 is 14.9 Å². The fourth-order valence-electron chi connectivity index (χ4n) is 4.83. The van der Waals surface area contributed by atoms with E-state index in [1.165, 1.54) is 43.5 Å². The fraction of sp³-hybridized carbons (Fsp3) is 0.310. The second-order valence-corrected chi connectivity index (χ2v) is 11.0. The summed E-state index contributed by atoms with van der Waals surface area (Å²) < 4.78 is 7.11. The maximum Gasteiger partial charge on any atom is 0.119 e. The predicted molar refractivity (Wildman–Crippen MR) is 148 cm³/mol. The predicted octanol–water partition coefficient (Wildman–Crippen LogP) is 7.30. The molecule has 0 spiro atoms. The molecule has 3 aromatic carbocycles. The summed E-state index contributed by atoms with van der Waals surface area (Å²) in [6.07, 6.45) is 6.09. The van der Waals surface area contributed by atoms with Crippen molar-refractivity contribution in [3.05, 3.63) is 77.9 Å². The number of rotatable bonds is 8. The van der Waals surface area contributed by atoms with Crippen LogP contribution in [0.2, 0.25) is 0 Å². The third-order valence-corrected chi connectivity index (χ3v) is 8.84. The van der Waals surface area contributed by atoms with Crippen LogP contribution in [0.5, 0.6) is 17.2 Å². The van der Waals surface area contributed by atoms with Gasteiger partial charge in [-0.1, -0.05) is 18.6 Å². The molecule has 2 heterocycles. The van der Waals surface area contributed by atoms with Gasteiger partial charge in [-0.05, 0) is 109 Å². The number of nitrogens with zero attached hydrogens (tertiary/aromatic N) is 1. The van der Waals surface area contributed by atoms with Crippen molar-refractivity contribution in [3.63, 3.8) is 0 Å². The molecule has 1 aliphatic heterocycles. The first-order valence-electron chi connectivity index (χ1n) is 12.1. The molecule has 1 unspecified atom stereocenters. The molecule has 4 nitrogen and oxygen atoms in total. The first-order chi connectivity index (χ1) is 17.1. The number of hydrogen-bond acceptors (Lipinski definition) is 6. The molecule has 5 rings (SSSR count). The maximum absolute atomic E-state index is 10.1. The molecule has 1 aliphatic rings. The molecule has 35 heavy (non-hydrogen) atoms. The van der Waals surface area contributed by atoms with Gasteiger partial charge in [0.2, 0.25) is 0 Å². The number of fused-ring (bicyclic) bond motifs is 1. The van der Waals surface area contributed by atoms with E-state index in [0.717, 1.165) is 39.4 Å². The maximum atomic E-state index is 10.1. The molecule has 1 fully saturated rings. The molecule has 0 saturated carbocycles. The van der Waals surface area contributed by atoms with Crippen molar-refractivity contribution in [2.45, 2.75) is 24.5 Å². The molecule has 1 atom stereocenters. The summed E-state index contributed by atoms with van der Waals surface area (Å²) in [4.78, 5) is 3.65. The Kier molecular flexibility index (Phi) is 7.51. The summed E-state index contributed by atoms with van der Waals surface area (Å²) in [6.45, 7) is 4.08. The smallest absolute Gasteiger partial charge is 0.119 e. The van der Waals surface area contributed by atoms with Crippen LogP contribution < -0.4 is 4.74 Å². The minimum absolute atomic E-state index is 0.125. The Balaban J connectivity index is 1.42. The number of benzene rings is 3. The molecule has 0 aliphatic carbocycles. The zero-order valence-electron chi connectivity index (χ0n) is 19.9. The van der Waals surface area contributed by atoms with Crippen LogP contribution >= 0.6 is 23.1 Å². The van der Waals surface area contributed by atoms with E-state index in [1.807, 2.05) is 24.3 Å². The third kappa shape index (κ3) is 5.45. The van der Waals surface area contributed by atoms with Gasteiger partial charge in [-0.3, -0.25) is 4.90 Å². The van der Waals surface area contributed by atoms with E-state index in [2.05, 4.69) is 35.4 Å². The number of phenolic OH excluding ortho intramolecular Hbond substituents is 2. The van der Waals surface area contributed by atoms with Gasteiger partial charge in [0, 0.05) is 16.1 Å². The number of likely N-dealkylation sites (tertiary alicyclic amines) is 1. The second-order valence-electron chi connectivity index (χ2n) is 9.01. The third-order valence-electron chi connectivity index (χ3n) is 6.65. The summed E-state index contributed by atoms with van der Waals surface area (Å²) in [5.41, 5.74) is 3.52. The largest absolute Gasteiger partial charge is 0.508 e. The van der Waals surface area contributed by atoms with Gasteiger partial charge >= 0.3 is 0 Å². The molecular formula is C29H31NO3S2. The molecule has 1 saturated heterocycles. The minimum Gasteiger partial charge on any atom is -0.508 e. The number of hydrogen-bond donors (Lipinski definition) is 2. The summed E-state index contributed by atoms with van der Waals surface area (Å²) in [6, 6.07) is 21.5. The van der Waals surface area contributed by atoms with Crippen LogP contribution in [-0.2, 0) is 0 Å². The zero-order valence-corrected chi connectivity index (χ0v) is 21.6. The van der Waals surface area contributed by atoms with Crippen LogP contribution in [0.3, 0.4) is 0 Å². The van der Waals surface area contributed by atoms with E-state index < -0.39 is 0 Å². The summed E-state index contributed by atoms with van der Waals surface area (Å²) in [7, 11) is 0. The Morgan fingerprint density at radius 2 is 1.63 bits per heavy atom. The Morgan fingerprint density at radius 3 is 2.34 bits per heavy atom. The van der Waals surface area contributed by atoms with Crippen molar-refractivity contribution in [2.24, 2.45) is 0 Å². The van der Waals surface area contributed by atoms with Crippen molar-refractivity contribution in [2.75, 3.05) is 32.5 Å². The minimum atomic E-state index is 0.125. The number of ether oxygens (including phenoxy) is 1. The average molecular weight is 506 g/mol. The lowest BCUT2D eigenvalue weighted by atomic mass is 9.98. The Labute approximate surface area is 215 Å². The first-order valence-corrected chi connectivity index (χ1v) is 14.3. The lowest BCUT2D eigenvalue weighted by Crippen LogP contribution is -2.33. The van der Waals surface area contributed by atoms with Gasteiger partial charge in [0.25, 0.3) is 0 Å². The van der Waals surface area contributed by atoms with Gasteiger partial charge in [0.05, 0.1) is 5.25 Å². The van der Waals surface area contributed by atoms with E-state index in [9.17, 15) is 10.2 Å². The van der Waals surface area contributed by atoms with Crippen LogP contribution in [-0.4, -0.2) is 47.6 Å². The van der Waals surface area contributed by atoms with Crippen molar-refractivity contribution < 1.29 is 14.9 Å². The molecule has 2 N–H and O–H groups in total. The summed E-state index contributed by atoms with van der Waals surface area (Å²) in [5, 5.41) is 21.2. The highest BCUT2D eigenvalue weighted by Crippen LogP contribution is 2.48. The average Bonchev–Trinajstić information content (AvgIpc) is 3.25. The lowest BCUT2D eigenvalue weighted by Gasteiger charge is -2.26. The van der Waals surface area contributed by atoms with Crippen LogP contribution in [0.1, 0.15) is 35.6 Å². The highest BCUT2D eigenvalue weighted by molar-refractivity contribution is 7.99. The quantitative estimate of drug-likeness (QED) is 0.263. The Hall–Kier alpha value is -2.67. The SMILES string of the molecule is CSC(c1ccc(OCCN2CCCCC2)cc1)c1c(-c2ccc(O)cc2)sc2cc(O)ccc12. The number of aromatic hydroxyl groups is 2. The molecule has 0 bridgehead atoms. The van der Waals surface area contributed by atoms with E-state index in [0.29, 0.717) is 0 Å². The van der Waals surface area contributed by atoms with E-state index in [4.69, 9.17) is 4.74 Å². The standard InChI is InChI=1S/C29H31NO3S2/c1-34-28(20-7-12-24(13-8-20)33-18-17-30-15-3-2-4-16-30)27-25-14-11-23(32)19-26(25)35-29(27)21-5-9-22(31)10-6-21/h5-14,19,28,31-32H,2-4,15-18H2,1H3. The lowest BCUT2D eigenvalue weighted by molar-refractivity contribution is 0.183. The van der Waals surface area contributed by atoms with Crippen LogP contribution in [0.25, 0.3) is 20.5 Å². The fourth-order valence-corrected chi connectivity index (χ4v) is 7.09. The van der Waals surface area contributed by atoms with Gasteiger partial charge in [-0.15, -0.1) is 11.3 Å². The van der Waals surface area contributed by atoms with Crippen molar-refractivity contribution in [3.8, 4) is 27.7 Å². The van der Waals surface area contributed by atoms with Crippen molar-refractivity contribution >= 4 is 33.2 Å². The van der Waals surface area contributed by atoms with E-state index in [-0.39, 0.29) is 16.7 Å². The van der Waals surface area contributed by atoms with E-state index in [1.54, 1.807) is 41.3 Å².